The number of nitrogens with zero attached hydrogens (tertiary/aromatic N) is 4. The minimum absolute atomic E-state index is 0.186. The highest BCUT2D eigenvalue weighted by atomic mass is 35.5. The van der Waals surface area contributed by atoms with E-state index in [9.17, 15) is 4.79 Å². The number of aromatic nitrogens is 3. The Morgan fingerprint density at radius 1 is 1.23 bits per heavy atom. The molecule has 1 aliphatic heterocycles. The third-order valence-corrected chi connectivity index (χ3v) is 6.50. The van der Waals surface area contributed by atoms with Crippen LogP contribution in [0.2, 0.25) is 5.15 Å². The van der Waals surface area contributed by atoms with Gasteiger partial charge in [-0.25, -0.2) is 14.3 Å². The number of hydrogen-bond donors (Lipinski definition) is 0. The number of rotatable bonds is 4. The summed E-state index contributed by atoms with van der Waals surface area (Å²) in [5.41, 5.74) is 2.09. The van der Waals surface area contributed by atoms with Gasteiger partial charge < -0.3 is 4.74 Å². The van der Waals surface area contributed by atoms with E-state index >= 15 is 0 Å². The smallest absolute Gasteiger partial charge is 0.411 e. The van der Waals surface area contributed by atoms with Crippen molar-refractivity contribution in [2.75, 3.05) is 6.54 Å². The van der Waals surface area contributed by atoms with Gasteiger partial charge in [0.15, 0.2) is 5.65 Å². The fourth-order valence-electron chi connectivity index (χ4n) is 4.45. The number of carbonyl (C=O) groups is 1. The molecule has 2 aliphatic carbocycles. The summed E-state index contributed by atoms with van der Waals surface area (Å²) in [7, 11) is 0. The minimum atomic E-state index is -0.539. The summed E-state index contributed by atoms with van der Waals surface area (Å²) in [6.45, 7) is 6.14. The molecule has 0 spiro atoms. The van der Waals surface area contributed by atoms with Crippen molar-refractivity contribution < 1.29 is 9.53 Å². The van der Waals surface area contributed by atoms with Crippen LogP contribution in [0.3, 0.4) is 0 Å². The SMILES string of the molecule is CC(C)(C)OC(=O)N1CC=CC[C@H]1c1cc2nc(C3CC3CC3CC3)cc(Cl)n2n1. The second-order valence-corrected chi connectivity index (χ2v) is 10.4. The molecule has 2 saturated carbocycles. The maximum atomic E-state index is 12.8. The van der Waals surface area contributed by atoms with Gasteiger partial charge in [0.1, 0.15) is 10.8 Å². The van der Waals surface area contributed by atoms with E-state index in [0.717, 1.165) is 28.9 Å². The number of ether oxygens (including phenoxy) is 1. The quantitative estimate of drug-likeness (QED) is 0.475. The molecule has 3 atom stereocenters. The first-order valence-electron chi connectivity index (χ1n) is 11.0. The molecule has 0 radical (unpaired) electrons. The molecule has 2 aromatic heterocycles. The Bertz CT molecular complexity index is 1000. The molecule has 1 amide bonds. The van der Waals surface area contributed by atoms with E-state index < -0.39 is 5.60 Å². The molecule has 6 nitrogen and oxygen atoms in total. The first-order chi connectivity index (χ1) is 14.3. The Hall–Kier alpha value is -2.08. The lowest BCUT2D eigenvalue weighted by atomic mass is 10.1. The van der Waals surface area contributed by atoms with Gasteiger partial charge in [-0.3, -0.25) is 4.90 Å². The lowest BCUT2D eigenvalue weighted by molar-refractivity contribution is 0.0172. The molecular weight excluding hydrogens is 400 g/mol. The van der Waals surface area contributed by atoms with Gasteiger partial charge in [-0.1, -0.05) is 36.6 Å². The molecule has 30 heavy (non-hydrogen) atoms. The molecule has 7 heteroatoms. The van der Waals surface area contributed by atoms with Crippen molar-refractivity contribution >= 4 is 23.3 Å². The van der Waals surface area contributed by atoms with Gasteiger partial charge in [-0.2, -0.15) is 5.10 Å². The summed E-state index contributed by atoms with van der Waals surface area (Å²) in [6.07, 6.45) is 9.79. The highest BCUT2D eigenvalue weighted by Crippen LogP contribution is 2.54. The van der Waals surface area contributed by atoms with Crippen LogP contribution in [0.15, 0.2) is 24.3 Å². The normalized spacial score (nSPS) is 26.3. The fourth-order valence-corrected chi connectivity index (χ4v) is 4.68. The van der Waals surface area contributed by atoms with Gasteiger partial charge in [0.05, 0.1) is 11.7 Å². The highest BCUT2D eigenvalue weighted by molar-refractivity contribution is 6.29. The van der Waals surface area contributed by atoms with Crippen molar-refractivity contribution in [2.24, 2.45) is 11.8 Å². The fraction of sp³-hybridized carbons (Fsp3) is 0.609. The predicted molar refractivity (Wildman–Crippen MR) is 116 cm³/mol. The van der Waals surface area contributed by atoms with Crippen LogP contribution < -0.4 is 0 Å². The van der Waals surface area contributed by atoms with Crippen molar-refractivity contribution in [1.82, 2.24) is 19.5 Å². The van der Waals surface area contributed by atoms with E-state index in [1.54, 1.807) is 9.42 Å². The van der Waals surface area contributed by atoms with Gasteiger partial charge in [0.25, 0.3) is 0 Å². The van der Waals surface area contributed by atoms with Gasteiger partial charge in [0, 0.05) is 24.2 Å². The van der Waals surface area contributed by atoms with E-state index in [4.69, 9.17) is 26.4 Å². The molecule has 2 aromatic rings. The molecule has 5 rings (SSSR count). The van der Waals surface area contributed by atoms with Crippen molar-refractivity contribution in [3.63, 3.8) is 0 Å². The van der Waals surface area contributed by atoms with Crippen LogP contribution >= 0.6 is 11.6 Å². The number of amides is 1. The average Bonchev–Trinajstić information content (AvgIpc) is 3.60. The van der Waals surface area contributed by atoms with Crippen LogP contribution in [-0.4, -0.2) is 37.7 Å². The zero-order valence-electron chi connectivity index (χ0n) is 17.8. The molecule has 3 heterocycles. The summed E-state index contributed by atoms with van der Waals surface area (Å²) in [5.74, 6) is 2.23. The monoisotopic (exact) mass is 428 g/mol. The molecule has 3 aliphatic rings. The standard InChI is InChI=1S/C23H29ClN4O2/c1-23(2,3)30-22(29)27-9-5-4-6-19(27)18-13-21-25-17(12-20(24)28(21)26-18)16-11-15(16)10-14-7-8-14/h4-5,12-16,19H,6-11H2,1-3H3/t15?,16?,19-/m0/s1. The molecule has 0 saturated heterocycles. The number of hydrogen-bond acceptors (Lipinski definition) is 4. The van der Waals surface area contributed by atoms with E-state index in [2.05, 4.69) is 6.08 Å². The Morgan fingerprint density at radius 3 is 2.77 bits per heavy atom. The summed E-state index contributed by atoms with van der Waals surface area (Å²) >= 11 is 6.58. The Balaban J connectivity index is 1.40. The van der Waals surface area contributed by atoms with Crippen molar-refractivity contribution in [3.05, 3.63) is 40.8 Å². The van der Waals surface area contributed by atoms with Gasteiger partial charge in [-0.15, -0.1) is 0 Å². The second-order valence-electron chi connectivity index (χ2n) is 9.98. The molecule has 0 aromatic carbocycles. The van der Waals surface area contributed by atoms with E-state index in [1.165, 1.54) is 25.7 Å². The van der Waals surface area contributed by atoms with Crippen molar-refractivity contribution in [2.45, 2.75) is 70.4 Å². The van der Waals surface area contributed by atoms with Gasteiger partial charge >= 0.3 is 6.09 Å². The van der Waals surface area contributed by atoms with E-state index in [-0.39, 0.29) is 12.1 Å². The Morgan fingerprint density at radius 2 is 2.03 bits per heavy atom. The summed E-state index contributed by atoms with van der Waals surface area (Å²) in [6, 6.07) is 3.75. The third kappa shape index (κ3) is 4.07. The van der Waals surface area contributed by atoms with Crippen LogP contribution in [0.5, 0.6) is 0 Å². The largest absolute Gasteiger partial charge is 0.444 e. The molecular formula is C23H29ClN4O2. The Kier molecular flexibility index (Phi) is 4.80. The minimum Gasteiger partial charge on any atom is -0.444 e. The summed E-state index contributed by atoms with van der Waals surface area (Å²) < 4.78 is 7.30. The van der Waals surface area contributed by atoms with E-state index in [1.807, 2.05) is 39.0 Å². The Labute approximate surface area is 182 Å². The van der Waals surface area contributed by atoms with Crippen molar-refractivity contribution in [1.29, 1.82) is 0 Å². The van der Waals surface area contributed by atoms with Crippen LogP contribution in [0.1, 0.15) is 76.2 Å². The zero-order chi connectivity index (χ0) is 21.0. The third-order valence-electron chi connectivity index (χ3n) is 6.23. The first kappa shape index (κ1) is 19.9. The topological polar surface area (TPSA) is 59.7 Å². The summed E-state index contributed by atoms with van der Waals surface area (Å²) in [5, 5.41) is 5.28. The summed E-state index contributed by atoms with van der Waals surface area (Å²) in [4.78, 5) is 19.4. The highest BCUT2D eigenvalue weighted by Gasteiger charge is 2.43. The molecule has 0 N–H and O–H groups in total. The molecule has 160 valence electrons. The van der Waals surface area contributed by atoms with Crippen LogP contribution in [0.4, 0.5) is 4.79 Å². The number of carbonyl (C=O) groups excluding carboxylic acids is 1. The number of halogens is 1. The number of fused-ring (bicyclic) bond motifs is 1. The maximum absolute atomic E-state index is 12.8. The molecule has 2 fully saturated rings. The van der Waals surface area contributed by atoms with Gasteiger partial charge in [-0.05, 0) is 57.9 Å². The first-order valence-corrected chi connectivity index (χ1v) is 11.4. The maximum Gasteiger partial charge on any atom is 0.411 e. The van der Waals surface area contributed by atoms with Crippen LogP contribution in [0.25, 0.3) is 5.65 Å². The van der Waals surface area contributed by atoms with Gasteiger partial charge in [0.2, 0.25) is 0 Å². The molecule has 2 unspecified atom stereocenters. The molecule has 0 bridgehead atoms. The zero-order valence-corrected chi connectivity index (χ0v) is 18.6. The van der Waals surface area contributed by atoms with E-state index in [0.29, 0.717) is 24.0 Å². The lowest BCUT2D eigenvalue weighted by Gasteiger charge is -2.33. The van der Waals surface area contributed by atoms with Crippen LogP contribution in [0, 0.1) is 11.8 Å². The van der Waals surface area contributed by atoms with Crippen molar-refractivity contribution in [3.8, 4) is 0 Å². The average molecular weight is 429 g/mol. The predicted octanol–water partition coefficient (Wildman–Crippen LogP) is 5.52. The van der Waals surface area contributed by atoms with Crippen LogP contribution in [-0.2, 0) is 4.74 Å². The second kappa shape index (κ2) is 7.26. The lowest BCUT2D eigenvalue weighted by Crippen LogP contribution is -2.40.